The van der Waals surface area contributed by atoms with Crippen molar-refractivity contribution in [2.45, 2.75) is 18.4 Å². The molecule has 8 nitrogen and oxygen atoms in total. The second-order valence-corrected chi connectivity index (χ2v) is 11.9. The number of H-pyrrole nitrogens is 2. The smallest absolute Gasteiger partial charge is 0.253 e. The van der Waals surface area contributed by atoms with Crippen LogP contribution in [0.3, 0.4) is 0 Å². The lowest BCUT2D eigenvalue weighted by Gasteiger charge is -2.13. The fourth-order valence-corrected chi connectivity index (χ4v) is 6.36. The number of benzene rings is 2. The van der Waals surface area contributed by atoms with Crippen LogP contribution in [0.4, 0.5) is 0 Å². The minimum absolute atomic E-state index is 0.145. The highest BCUT2D eigenvalue weighted by molar-refractivity contribution is 7.89. The average Bonchev–Trinajstić information content (AvgIpc) is 3.40. The van der Waals surface area contributed by atoms with E-state index >= 15 is 0 Å². The van der Waals surface area contributed by atoms with E-state index < -0.39 is 21.1 Å². The lowest BCUT2D eigenvalue weighted by Crippen LogP contribution is -2.18. The van der Waals surface area contributed by atoms with Crippen molar-refractivity contribution in [1.29, 1.82) is 0 Å². The quantitative estimate of drug-likeness (QED) is 0.276. The van der Waals surface area contributed by atoms with Crippen molar-refractivity contribution in [2.75, 3.05) is 0 Å². The molecule has 0 aliphatic rings. The zero-order valence-corrected chi connectivity index (χ0v) is 22.3. The maximum Gasteiger partial charge on any atom is 0.253 e. The molecule has 4 aromatic heterocycles. The lowest BCUT2D eigenvalue weighted by atomic mass is 9.97. The highest BCUT2D eigenvalue weighted by Gasteiger charge is 2.19. The molecule has 0 amide bonds. The van der Waals surface area contributed by atoms with Crippen molar-refractivity contribution >= 4 is 43.4 Å². The Balaban J connectivity index is 1.47. The zero-order valence-electron chi connectivity index (χ0n) is 20.8. The summed E-state index contributed by atoms with van der Waals surface area (Å²) in [6.07, 6.45) is 3.24. The van der Waals surface area contributed by atoms with Gasteiger partial charge in [0.25, 0.3) is 5.56 Å². The van der Waals surface area contributed by atoms with Crippen LogP contribution in [-0.2, 0) is 21.3 Å². The van der Waals surface area contributed by atoms with Gasteiger partial charge in [0.1, 0.15) is 5.65 Å². The number of aromatic amines is 2. The van der Waals surface area contributed by atoms with Gasteiger partial charge in [0.2, 0.25) is 0 Å². The SMILES string of the molecule is Cc1ccc(CS(=O)(=O)Cc2cc3cc(-c4cc(Cl)c5[nH]ncc5c4)c(-c4ccccc4)nc3[nH]c2=O)cn1. The number of sulfone groups is 1. The molecule has 2 N–H and O–H groups in total. The zero-order chi connectivity index (χ0) is 27.1. The molecule has 4 heterocycles. The van der Waals surface area contributed by atoms with Crippen LogP contribution in [-0.4, -0.2) is 33.6 Å². The Hall–Kier alpha value is -4.34. The molecule has 6 aromatic rings. The summed E-state index contributed by atoms with van der Waals surface area (Å²) in [4.78, 5) is 24.7. The van der Waals surface area contributed by atoms with Crippen LogP contribution >= 0.6 is 11.6 Å². The molecule has 0 saturated carbocycles. The summed E-state index contributed by atoms with van der Waals surface area (Å²) in [5.41, 5.74) is 5.23. The normalized spacial score (nSPS) is 11.8. The third-order valence-corrected chi connectivity index (χ3v) is 8.32. The Bertz CT molecular complexity index is 2020. The van der Waals surface area contributed by atoms with Gasteiger partial charge in [-0.1, -0.05) is 48.0 Å². The van der Waals surface area contributed by atoms with Crippen LogP contribution < -0.4 is 5.56 Å². The molecule has 0 radical (unpaired) electrons. The number of nitrogens with one attached hydrogen (secondary N) is 2. The average molecular weight is 556 g/mol. The second kappa shape index (κ2) is 9.76. The standard InChI is InChI=1S/C29H22ClN5O3S/c1-17-7-8-18(13-31-17)15-39(37,38)16-23-10-21-11-24(20-9-22-14-32-35-27(22)25(30)12-20)26(19-5-3-2-4-6-19)33-28(21)34-29(23)36/h2-14H,15-16H2,1H3,(H,32,35)(H,33,34,36). The van der Waals surface area contributed by atoms with Gasteiger partial charge in [-0.05, 0) is 48.4 Å². The Labute approximate surface area is 228 Å². The van der Waals surface area contributed by atoms with Crippen LogP contribution in [0.2, 0.25) is 5.02 Å². The van der Waals surface area contributed by atoms with Crippen molar-refractivity contribution in [3.8, 4) is 22.4 Å². The fourth-order valence-electron chi connectivity index (χ4n) is 4.62. The van der Waals surface area contributed by atoms with Crippen LogP contribution in [0.15, 0.2) is 83.9 Å². The summed E-state index contributed by atoms with van der Waals surface area (Å²) in [7, 11) is -3.64. The molecular weight excluding hydrogens is 534 g/mol. The summed E-state index contributed by atoms with van der Waals surface area (Å²) in [5.74, 6) is -0.619. The van der Waals surface area contributed by atoms with Crippen molar-refractivity contribution in [1.82, 2.24) is 25.1 Å². The monoisotopic (exact) mass is 555 g/mol. The van der Waals surface area contributed by atoms with E-state index in [9.17, 15) is 13.2 Å². The molecule has 0 fully saturated rings. The van der Waals surface area contributed by atoms with E-state index in [2.05, 4.69) is 20.2 Å². The van der Waals surface area contributed by atoms with Gasteiger partial charge in [-0.15, -0.1) is 0 Å². The van der Waals surface area contributed by atoms with E-state index in [0.717, 1.165) is 33.3 Å². The first-order chi connectivity index (χ1) is 18.8. The van der Waals surface area contributed by atoms with Gasteiger partial charge in [0, 0.05) is 39.4 Å². The number of hydrogen-bond donors (Lipinski definition) is 2. The largest absolute Gasteiger partial charge is 0.306 e. The van der Waals surface area contributed by atoms with E-state index in [-0.39, 0.29) is 11.3 Å². The van der Waals surface area contributed by atoms with Gasteiger partial charge >= 0.3 is 0 Å². The molecular formula is C29H22ClN5O3S. The molecule has 0 saturated heterocycles. The molecule has 10 heteroatoms. The number of hydrogen-bond acceptors (Lipinski definition) is 6. The predicted molar refractivity (Wildman–Crippen MR) is 153 cm³/mol. The van der Waals surface area contributed by atoms with Crippen molar-refractivity contribution in [2.24, 2.45) is 0 Å². The molecule has 0 unspecified atom stereocenters. The summed E-state index contributed by atoms with van der Waals surface area (Å²) < 4.78 is 26.0. The minimum atomic E-state index is -3.64. The first-order valence-corrected chi connectivity index (χ1v) is 14.3. The summed E-state index contributed by atoms with van der Waals surface area (Å²) in [6.45, 7) is 1.83. The van der Waals surface area contributed by atoms with E-state index in [4.69, 9.17) is 16.6 Å². The van der Waals surface area contributed by atoms with Crippen LogP contribution in [0.5, 0.6) is 0 Å². The van der Waals surface area contributed by atoms with Gasteiger partial charge in [-0.25, -0.2) is 13.4 Å². The Morgan fingerprint density at radius 3 is 2.49 bits per heavy atom. The first kappa shape index (κ1) is 25.0. The van der Waals surface area contributed by atoms with Gasteiger partial charge < -0.3 is 4.98 Å². The van der Waals surface area contributed by atoms with Gasteiger partial charge in [-0.2, -0.15) is 5.10 Å². The maximum absolute atomic E-state index is 13.0. The van der Waals surface area contributed by atoms with Crippen LogP contribution in [0.1, 0.15) is 16.8 Å². The summed E-state index contributed by atoms with van der Waals surface area (Å²) in [5, 5.41) is 8.95. The first-order valence-electron chi connectivity index (χ1n) is 12.1. The second-order valence-electron chi connectivity index (χ2n) is 9.44. The minimum Gasteiger partial charge on any atom is -0.306 e. The number of aryl methyl sites for hydroxylation is 1. The Morgan fingerprint density at radius 1 is 0.897 bits per heavy atom. The maximum atomic E-state index is 13.0. The summed E-state index contributed by atoms with van der Waals surface area (Å²) >= 11 is 6.55. The van der Waals surface area contributed by atoms with E-state index in [0.29, 0.717) is 27.3 Å². The van der Waals surface area contributed by atoms with E-state index in [1.54, 1.807) is 30.6 Å². The lowest BCUT2D eigenvalue weighted by molar-refractivity contribution is 0.594. The summed E-state index contributed by atoms with van der Waals surface area (Å²) in [6, 6.07) is 20.4. The Morgan fingerprint density at radius 2 is 1.72 bits per heavy atom. The molecule has 0 aliphatic carbocycles. The van der Waals surface area contributed by atoms with E-state index in [1.807, 2.05) is 55.5 Å². The number of halogens is 1. The van der Waals surface area contributed by atoms with Gasteiger partial charge in [0.15, 0.2) is 9.84 Å². The molecule has 0 aliphatic heterocycles. The third kappa shape index (κ3) is 5.06. The Kier molecular flexibility index (Phi) is 6.25. The third-order valence-electron chi connectivity index (χ3n) is 6.50. The molecule has 0 spiro atoms. The van der Waals surface area contributed by atoms with Crippen LogP contribution in [0.25, 0.3) is 44.3 Å². The molecule has 0 bridgehead atoms. The van der Waals surface area contributed by atoms with Crippen molar-refractivity contribution in [3.05, 3.63) is 111 Å². The molecule has 0 atom stereocenters. The molecule has 39 heavy (non-hydrogen) atoms. The molecule has 6 rings (SSSR count). The number of rotatable bonds is 6. The number of nitrogens with zero attached hydrogens (tertiary/aromatic N) is 3. The van der Waals surface area contributed by atoms with Crippen molar-refractivity contribution < 1.29 is 8.42 Å². The fraction of sp³-hybridized carbons (Fsp3) is 0.103. The van der Waals surface area contributed by atoms with Crippen LogP contribution in [0, 0.1) is 6.92 Å². The number of pyridine rings is 3. The van der Waals surface area contributed by atoms with Gasteiger partial charge in [0.05, 0.1) is 33.9 Å². The van der Waals surface area contributed by atoms with Crippen molar-refractivity contribution in [3.63, 3.8) is 0 Å². The highest BCUT2D eigenvalue weighted by atomic mass is 35.5. The molecule has 194 valence electrons. The molecule has 2 aromatic carbocycles. The highest BCUT2D eigenvalue weighted by Crippen LogP contribution is 2.36. The van der Waals surface area contributed by atoms with E-state index in [1.165, 1.54) is 0 Å². The topological polar surface area (TPSA) is 121 Å². The number of aromatic nitrogens is 5. The predicted octanol–water partition coefficient (Wildman–Crippen LogP) is 5.61. The number of fused-ring (bicyclic) bond motifs is 2. The van der Waals surface area contributed by atoms with Gasteiger partial charge in [-0.3, -0.25) is 14.9 Å².